The van der Waals surface area contributed by atoms with Crippen LogP contribution < -0.4 is 11.1 Å². The molecule has 14 heteroatoms. The van der Waals surface area contributed by atoms with Crippen molar-refractivity contribution in [3.05, 3.63) is 106 Å². The number of urea groups is 1. The van der Waals surface area contributed by atoms with Gasteiger partial charge in [0, 0.05) is 12.8 Å². The van der Waals surface area contributed by atoms with Crippen LogP contribution in [-0.4, -0.2) is 49.2 Å². The maximum Gasteiger partial charge on any atom is 0.416 e. The number of nitriles is 1. The number of halogens is 3. The first-order valence-corrected chi connectivity index (χ1v) is 14.8. The van der Waals surface area contributed by atoms with Gasteiger partial charge in [-0.15, -0.1) is 0 Å². The summed E-state index contributed by atoms with van der Waals surface area (Å²) in [5.74, 6) is -1.18. The van der Waals surface area contributed by atoms with Gasteiger partial charge in [0.2, 0.25) is 0 Å². The fourth-order valence-corrected chi connectivity index (χ4v) is 5.40. The number of esters is 1. The molecule has 0 fully saturated rings. The van der Waals surface area contributed by atoms with Crippen LogP contribution in [0, 0.1) is 11.3 Å². The number of hydrogen-bond acceptors (Lipinski definition) is 7. The number of hydrogen-bond donors (Lipinski definition) is 2. The Bertz CT molecular complexity index is 1830. The quantitative estimate of drug-likeness (QED) is 0.306. The highest BCUT2D eigenvalue weighted by atomic mass is 32.2. The Morgan fingerprint density at radius 1 is 1.09 bits per heavy atom. The van der Waals surface area contributed by atoms with Crippen LogP contribution in [0.3, 0.4) is 0 Å². The van der Waals surface area contributed by atoms with Crippen LogP contribution in [0.2, 0.25) is 0 Å². The van der Waals surface area contributed by atoms with Crippen molar-refractivity contribution in [1.82, 2.24) is 10.2 Å². The Hall–Kier alpha value is -5.16. The molecule has 10 nitrogen and oxygen atoms in total. The lowest BCUT2D eigenvalue weighted by Crippen LogP contribution is -2.55. The average Bonchev–Trinajstić information content (AvgIpc) is 2.99. The van der Waals surface area contributed by atoms with E-state index < -0.39 is 39.6 Å². The number of nitrogens with zero attached hydrogens (tertiary/aromatic N) is 3. The van der Waals surface area contributed by atoms with E-state index in [1.165, 1.54) is 67.6 Å². The Morgan fingerprint density at radius 2 is 1.73 bits per heavy atom. The number of nitrogens with two attached hydrogens (primary N) is 1. The molecular weight excluding hydrogens is 599 g/mol. The topological polar surface area (TPSA) is 146 Å². The number of carbonyl (C=O) groups is 2. The standard InChI is InChI=1S/C30H26F3N5O5S/c1-18-25(27(39)43-2)26(21-11-7-19(16-34)8-12-21)38(28(35)37(18)23-6-4-5-22(15-23)30(31,32)33)29(40)36-17-20-9-13-24(14-10-20)44(3,41)42/h4-15,26,35H,17H2,1-3H3,(H,36,40)/p+1. The second-order valence-corrected chi connectivity index (χ2v) is 11.8. The lowest BCUT2D eigenvalue weighted by atomic mass is 9.93. The van der Waals surface area contributed by atoms with Crippen molar-refractivity contribution < 1.29 is 40.5 Å². The summed E-state index contributed by atoms with van der Waals surface area (Å²) in [6, 6.07) is 16.0. The molecule has 0 saturated carbocycles. The number of guanidine groups is 1. The van der Waals surface area contributed by atoms with Crippen LogP contribution >= 0.6 is 0 Å². The van der Waals surface area contributed by atoms with Gasteiger partial charge in [-0.25, -0.2) is 22.6 Å². The molecule has 3 aromatic carbocycles. The molecule has 0 saturated heterocycles. The summed E-state index contributed by atoms with van der Waals surface area (Å²) in [5, 5.41) is 12.0. The summed E-state index contributed by atoms with van der Waals surface area (Å²) in [6.07, 6.45) is -3.62. The van der Waals surface area contributed by atoms with Gasteiger partial charge in [-0.2, -0.15) is 23.3 Å². The molecule has 1 atom stereocenters. The zero-order chi connectivity index (χ0) is 32.4. The Morgan fingerprint density at radius 3 is 2.27 bits per heavy atom. The zero-order valence-corrected chi connectivity index (χ0v) is 24.5. The van der Waals surface area contributed by atoms with Crippen LogP contribution in [-0.2, 0) is 32.1 Å². The SMILES string of the molecule is COC(=O)C1=C(C)[N+](c2cccc(C(F)(F)F)c2)=C(N)N(C(=O)NCc2ccc(S(C)(=O)=O)cc2)C1c1ccc(C#N)cc1. The third-order valence-electron chi connectivity index (χ3n) is 6.94. The molecular formula is C30H27F3N5O5S+. The molecule has 2 amide bonds. The van der Waals surface area contributed by atoms with E-state index in [0.717, 1.165) is 35.0 Å². The maximum absolute atomic E-state index is 13.9. The molecule has 0 aliphatic carbocycles. The highest BCUT2D eigenvalue weighted by Gasteiger charge is 2.47. The normalized spacial score (nSPS) is 15.6. The first-order valence-electron chi connectivity index (χ1n) is 12.9. The first-order chi connectivity index (χ1) is 20.7. The highest BCUT2D eigenvalue weighted by Crippen LogP contribution is 2.39. The number of allylic oxidation sites excluding steroid dienone is 1. The second-order valence-electron chi connectivity index (χ2n) is 9.81. The van der Waals surface area contributed by atoms with Crippen molar-refractivity contribution in [2.75, 3.05) is 13.4 Å². The minimum absolute atomic E-state index is 0.0660. The molecule has 228 valence electrons. The predicted octanol–water partition coefficient (Wildman–Crippen LogP) is 4.35. The summed E-state index contributed by atoms with van der Waals surface area (Å²) in [6.45, 7) is 1.38. The number of methoxy groups -OCH3 is 1. The molecule has 1 aliphatic heterocycles. The zero-order valence-electron chi connectivity index (χ0n) is 23.7. The largest absolute Gasteiger partial charge is 0.465 e. The lowest BCUT2D eigenvalue weighted by molar-refractivity contribution is -0.396. The second kappa shape index (κ2) is 12.2. The van der Waals surface area contributed by atoms with Crippen molar-refractivity contribution in [1.29, 1.82) is 5.26 Å². The molecule has 44 heavy (non-hydrogen) atoms. The van der Waals surface area contributed by atoms with Gasteiger partial charge in [-0.3, -0.25) is 5.73 Å². The molecule has 0 bridgehead atoms. The number of rotatable bonds is 6. The minimum Gasteiger partial charge on any atom is -0.465 e. The van der Waals surface area contributed by atoms with Crippen LogP contribution in [0.4, 0.5) is 23.7 Å². The minimum atomic E-state index is -4.68. The maximum atomic E-state index is 13.9. The molecule has 4 rings (SSSR count). The molecule has 3 N–H and O–H groups in total. The average molecular weight is 627 g/mol. The Balaban J connectivity index is 1.87. The number of amides is 2. The van der Waals surface area contributed by atoms with Crippen molar-refractivity contribution in [3.63, 3.8) is 0 Å². The van der Waals surface area contributed by atoms with Gasteiger partial charge in [-0.1, -0.05) is 30.3 Å². The third kappa shape index (κ3) is 6.42. The molecule has 0 spiro atoms. The van der Waals surface area contributed by atoms with Crippen molar-refractivity contribution in [2.45, 2.75) is 30.6 Å². The fourth-order valence-electron chi connectivity index (χ4n) is 4.77. The number of carbonyl (C=O) groups excluding carboxylic acids is 2. The number of alkyl halides is 3. The van der Waals surface area contributed by atoms with E-state index in [2.05, 4.69) is 5.32 Å². The third-order valence-corrected chi connectivity index (χ3v) is 8.07. The van der Waals surface area contributed by atoms with Crippen molar-refractivity contribution >= 4 is 33.5 Å². The Labute approximate surface area is 251 Å². The van der Waals surface area contributed by atoms with Gasteiger partial charge in [0.15, 0.2) is 9.84 Å². The summed E-state index contributed by atoms with van der Waals surface area (Å²) in [4.78, 5) is 28.2. The van der Waals surface area contributed by atoms with Crippen LogP contribution in [0.25, 0.3) is 0 Å². The summed E-state index contributed by atoms with van der Waals surface area (Å²) in [5.41, 5.74) is 6.74. The van der Waals surface area contributed by atoms with E-state index in [0.29, 0.717) is 16.7 Å². The molecule has 1 unspecified atom stereocenters. The molecule has 1 heterocycles. The van der Waals surface area contributed by atoms with Crippen molar-refractivity contribution in [2.24, 2.45) is 5.73 Å². The van der Waals surface area contributed by atoms with Crippen LogP contribution in [0.15, 0.2) is 89.0 Å². The number of nitrogens with one attached hydrogen (secondary N) is 1. The van der Waals surface area contributed by atoms with Gasteiger partial charge in [0.1, 0.15) is 17.3 Å². The van der Waals surface area contributed by atoms with Gasteiger partial charge in [0.05, 0.1) is 34.9 Å². The van der Waals surface area contributed by atoms with Gasteiger partial charge >= 0.3 is 24.1 Å². The number of ether oxygens (including phenoxy) is 1. The van der Waals surface area contributed by atoms with E-state index in [4.69, 9.17) is 10.5 Å². The van der Waals surface area contributed by atoms with E-state index in [-0.39, 0.29) is 34.4 Å². The van der Waals surface area contributed by atoms with E-state index in [9.17, 15) is 36.4 Å². The number of sulfone groups is 1. The molecule has 1 aliphatic rings. The molecule has 3 aromatic rings. The van der Waals surface area contributed by atoms with Gasteiger partial charge < -0.3 is 10.1 Å². The monoisotopic (exact) mass is 626 g/mol. The van der Waals surface area contributed by atoms with Crippen molar-refractivity contribution in [3.8, 4) is 6.07 Å². The van der Waals surface area contributed by atoms with Crippen LogP contribution in [0.5, 0.6) is 0 Å². The smallest absolute Gasteiger partial charge is 0.416 e. The summed E-state index contributed by atoms with van der Waals surface area (Å²) < 4.78 is 70.7. The van der Waals surface area contributed by atoms with E-state index in [1.807, 2.05) is 6.07 Å². The lowest BCUT2D eigenvalue weighted by Gasteiger charge is -2.33. The summed E-state index contributed by atoms with van der Waals surface area (Å²) in [7, 11) is -2.32. The molecule has 0 aromatic heterocycles. The van der Waals surface area contributed by atoms with Crippen LogP contribution in [0.1, 0.15) is 35.2 Å². The van der Waals surface area contributed by atoms with E-state index in [1.54, 1.807) is 0 Å². The van der Waals surface area contributed by atoms with Gasteiger partial charge in [-0.05, 0) is 60.5 Å². The summed E-state index contributed by atoms with van der Waals surface area (Å²) >= 11 is 0. The Kier molecular flexibility index (Phi) is 8.82. The highest BCUT2D eigenvalue weighted by molar-refractivity contribution is 7.90. The molecule has 0 radical (unpaired) electrons. The van der Waals surface area contributed by atoms with Gasteiger partial charge in [0.25, 0.3) is 0 Å². The predicted molar refractivity (Wildman–Crippen MR) is 153 cm³/mol. The van der Waals surface area contributed by atoms with E-state index >= 15 is 0 Å². The fraction of sp³-hybridized carbons (Fsp3) is 0.200. The number of benzene rings is 3. The first kappa shape index (κ1) is 31.8.